The van der Waals surface area contributed by atoms with Crippen molar-refractivity contribution < 1.29 is 19.4 Å². The molecule has 24 heavy (non-hydrogen) atoms. The predicted octanol–water partition coefficient (Wildman–Crippen LogP) is 3.30. The summed E-state index contributed by atoms with van der Waals surface area (Å²) in [6, 6.07) is 5.49. The van der Waals surface area contributed by atoms with Crippen molar-refractivity contribution in [2.45, 2.75) is 19.8 Å². The minimum absolute atomic E-state index is 0.291. The first-order valence-electron chi connectivity index (χ1n) is 7.62. The molecule has 1 aromatic heterocycles. The van der Waals surface area contributed by atoms with Crippen LogP contribution in [-0.2, 0) is 9.59 Å². The normalized spacial score (nSPS) is 20.5. The van der Waals surface area contributed by atoms with Crippen LogP contribution in [0.1, 0.15) is 19.8 Å². The Morgan fingerprint density at radius 2 is 2.17 bits per heavy atom. The number of ether oxygens (including phenoxy) is 1. The van der Waals surface area contributed by atoms with E-state index in [0.29, 0.717) is 18.0 Å². The van der Waals surface area contributed by atoms with Crippen LogP contribution in [0.4, 0.5) is 5.13 Å². The Balaban J connectivity index is 1.80. The number of methoxy groups -OCH3 is 1. The number of benzene rings is 1. The van der Waals surface area contributed by atoms with Gasteiger partial charge in [-0.25, -0.2) is 4.98 Å². The first-order chi connectivity index (χ1) is 11.5. The molecule has 7 heteroatoms. The van der Waals surface area contributed by atoms with Gasteiger partial charge >= 0.3 is 5.97 Å². The molecule has 3 rings (SSSR count). The van der Waals surface area contributed by atoms with Gasteiger partial charge in [0, 0.05) is 0 Å². The van der Waals surface area contributed by atoms with Crippen molar-refractivity contribution in [2.24, 2.45) is 11.8 Å². The zero-order valence-electron chi connectivity index (χ0n) is 13.4. The first-order valence-corrected chi connectivity index (χ1v) is 8.43. The maximum Gasteiger partial charge on any atom is 0.307 e. The number of nitrogens with zero attached hydrogens (tertiary/aromatic N) is 1. The van der Waals surface area contributed by atoms with Gasteiger partial charge in [-0.3, -0.25) is 9.59 Å². The molecule has 2 atom stereocenters. The fourth-order valence-electron chi connectivity index (χ4n) is 2.90. The molecule has 1 aliphatic rings. The molecule has 0 unspecified atom stereocenters. The van der Waals surface area contributed by atoms with Crippen LogP contribution in [0.25, 0.3) is 10.2 Å². The lowest BCUT2D eigenvalue weighted by Gasteiger charge is -2.26. The van der Waals surface area contributed by atoms with Gasteiger partial charge < -0.3 is 15.2 Å². The van der Waals surface area contributed by atoms with Gasteiger partial charge in [0.25, 0.3) is 0 Å². The average molecular weight is 346 g/mol. The quantitative estimate of drug-likeness (QED) is 0.829. The number of hydrogen-bond acceptors (Lipinski definition) is 5. The van der Waals surface area contributed by atoms with E-state index in [0.717, 1.165) is 21.5 Å². The lowest BCUT2D eigenvalue weighted by atomic mass is 9.79. The molecule has 0 aliphatic heterocycles. The number of aromatic nitrogens is 1. The molecule has 0 bridgehead atoms. The molecule has 0 saturated heterocycles. The predicted molar refractivity (Wildman–Crippen MR) is 92.4 cm³/mol. The number of carbonyl (C=O) groups is 2. The third kappa shape index (κ3) is 3.26. The highest BCUT2D eigenvalue weighted by atomic mass is 32.1. The summed E-state index contributed by atoms with van der Waals surface area (Å²) in [7, 11) is 1.59. The number of carboxylic acids is 1. The van der Waals surface area contributed by atoms with E-state index in [1.165, 1.54) is 11.3 Å². The van der Waals surface area contributed by atoms with Crippen LogP contribution in [0.15, 0.2) is 29.8 Å². The molecule has 1 aliphatic carbocycles. The lowest BCUT2D eigenvalue weighted by molar-refractivity contribution is -0.146. The molecule has 1 heterocycles. The summed E-state index contributed by atoms with van der Waals surface area (Å²) in [4.78, 5) is 28.4. The van der Waals surface area contributed by atoms with Crippen molar-refractivity contribution in [1.82, 2.24) is 4.98 Å². The number of fused-ring (bicyclic) bond motifs is 1. The Morgan fingerprint density at radius 3 is 2.88 bits per heavy atom. The topological polar surface area (TPSA) is 88.5 Å². The van der Waals surface area contributed by atoms with Crippen molar-refractivity contribution in [3.05, 3.63) is 29.8 Å². The standard InChI is InChI=1S/C17H18N2O4S/c1-9-3-5-11(16(21)22)12(7-9)15(20)19-17-18-13-6-4-10(23-2)8-14(13)24-17/h3-4,6,8,11-12H,5,7H2,1-2H3,(H,21,22)(H,18,19,20)/t11-,12-/m1/s1. The highest BCUT2D eigenvalue weighted by Gasteiger charge is 2.35. The highest BCUT2D eigenvalue weighted by molar-refractivity contribution is 7.22. The molecule has 0 saturated carbocycles. The van der Waals surface area contributed by atoms with E-state index < -0.39 is 17.8 Å². The van der Waals surface area contributed by atoms with E-state index in [9.17, 15) is 14.7 Å². The van der Waals surface area contributed by atoms with Gasteiger partial charge in [0.2, 0.25) is 5.91 Å². The fourth-order valence-corrected chi connectivity index (χ4v) is 3.79. The summed E-state index contributed by atoms with van der Waals surface area (Å²) < 4.78 is 6.08. The van der Waals surface area contributed by atoms with Crippen LogP contribution in [0, 0.1) is 11.8 Å². The lowest BCUT2D eigenvalue weighted by Crippen LogP contribution is -2.35. The Morgan fingerprint density at radius 1 is 1.38 bits per heavy atom. The number of rotatable bonds is 4. The highest BCUT2D eigenvalue weighted by Crippen LogP contribution is 2.33. The van der Waals surface area contributed by atoms with Crippen molar-refractivity contribution in [1.29, 1.82) is 0 Å². The van der Waals surface area contributed by atoms with Crippen molar-refractivity contribution in [3.8, 4) is 5.75 Å². The molecule has 1 amide bonds. The number of allylic oxidation sites excluding steroid dienone is 2. The van der Waals surface area contributed by atoms with E-state index in [4.69, 9.17) is 4.74 Å². The van der Waals surface area contributed by atoms with Gasteiger partial charge in [-0.2, -0.15) is 0 Å². The molecular weight excluding hydrogens is 328 g/mol. The van der Waals surface area contributed by atoms with E-state index >= 15 is 0 Å². The van der Waals surface area contributed by atoms with E-state index in [1.54, 1.807) is 7.11 Å². The Kier molecular flexibility index (Phi) is 4.53. The number of anilines is 1. The third-order valence-electron chi connectivity index (χ3n) is 4.23. The number of hydrogen-bond donors (Lipinski definition) is 2. The number of carboxylic acid groups (broad SMARTS) is 1. The fraction of sp³-hybridized carbons (Fsp3) is 0.353. The van der Waals surface area contributed by atoms with Crippen LogP contribution in [-0.4, -0.2) is 29.1 Å². The maximum atomic E-state index is 12.6. The summed E-state index contributed by atoms with van der Waals surface area (Å²) >= 11 is 1.34. The van der Waals surface area contributed by atoms with E-state index in [1.807, 2.05) is 31.2 Å². The number of carbonyl (C=O) groups excluding carboxylic acids is 1. The monoisotopic (exact) mass is 346 g/mol. The van der Waals surface area contributed by atoms with Gasteiger partial charge in [0.1, 0.15) is 5.75 Å². The minimum atomic E-state index is -0.937. The second kappa shape index (κ2) is 6.60. The van der Waals surface area contributed by atoms with Gasteiger partial charge in [-0.1, -0.05) is 23.0 Å². The molecular formula is C17H18N2O4S. The summed E-state index contributed by atoms with van der Waals surface area (Å²) in [5.41, 5.74) is 1.81. The van der Waals surface area contributed by atoms with Crippen LogP contribution in [0.5, 0.6) is 5.75 Å². The number of nitrogens with one attached hydrogen (secondary N) is 1. The van der Waals surface area contributed by atoms with E-state index in [2.05, 4.69) is 10.3 Å². The number of thiazole rings is 1. The van der Waals surface area contributed by atoms with Crippen LogP contribution in [0.3, 0.4) is 0 Å². The average Bonchev–Trinajstić information content (AvgIpc) is 2.95. The molecule has 0 fully saturated rings. The van der Waals surface area contributed by atoms with Crippen LogP contribution in [0.2, 0.25) is 0 Å². The summed E-state index contributed by atoms with van der Waals surface area (Å²) in [5, 5.41) is 12.6. The largest absolute Gasteiger partial charge is 0.497 e. The van der Waals surface area contributed by atoms with Crippen molar-refractivity contribution in [3.63, 3.8) is 0 Å². The summed E-state index contributed by atoms with van der Waals surface area (Å²) in [5.74, 6) is -1.77. The molecule has 0 spiro atoms. The van der Waals surface area contributed by atoms with Crippen molar-refractivity contribution >= 4 is 38.6 Å². The zero-order valence-corrected chi connectivity index (χ0v) is 14.2. The van der Waals surface area contributed by atoms with E-state index in [-0.39, 0.29) is 5.91 Å². The minimum Gasteiger partial charge on any atom is -0.497 e. The van der Waals surface area contributed by atoms with Gasteiger partial charge in [-0.05, 0) is 38.0 Å². The second-order valence-electron chi connectivity index (χ2n) is 5.88. The Hall–Kier alpha value is -2.41. The number of amides is 1. The van der Waals surface area contributed by atoms with Gasteiger partial charge in [0.15, 0.2) is 5.13 Å². The first kappa shape index (κ1) is 16.4. The molecule has 126 valence electrons. The maximum absolute atomic E-state index is 12.6. The number of aliphatic carboxylic acids is 1. The van der Waals surface area contributed by atoms with Crippen molar-refractivity contribution in [2.75, 3.05) is 12.4 Å². The summed E-state index contributed by atoms with van der Waals surface area (Å²) in [6.45, 7) is 1.92. The molecule has 2 aromatic rings. The Labute approximate surface area is 143 Å². The summed E-state index contributed by atoms with van der Waals surface area (Å²) in [6.07, 6.45) is 2.74. The second-order valence-corrected chi connectivity index (χ2v) is 6.91. The zero-order chi connectivity index (χ0) is 17.3. The van der Waals surface area contributed by atoms with Gasteiger partial charge in [0.05, 0.1) is 29.2 Å². The van der Waals surface area contributed by atoms with Gasteiger partial charge in [-0.15, -0.1) is 0 Å². The SMILES string of the molecule is COc1ccc2nc(NC(=O)[C@@H]3CC(C)=CC[C@H]3C(=O)O)sc2c1. The molecule has 1 aromatic carbocycles. The van der Waals surface area contributed by atoms with Crippen LogP contribution >= 0.6 is 11.3 Å². The molecule has 2 N–H and O–H groups in total. The Bertz CT molecular complexity index is 827. The van der Waals surface area contributed by atoms with Crippen LogP contribution < -0.4 is 10.1 Å². The molecule has 0 radical (unpaired) electrons. The third-order valence-corrected chi connectivity index (χ3v) is 5.16. The molecule has 6 nitrogen and oxygen atoms in total. The smallest absolute Gasteiger partial charge is 0.307 e.